The van der Waals surface area contributed by atoms with Crippen LogP contribution >= 0.6 is 0 Å². The number of anilines is 1. The number of amides is 2. The lowest BCUT2D eigenvalue weighted by molar-refractivity contribution is -0.118. The smallest absolute Gasteiger partial charge is 0.354 e. The van der Waals surface area contributed by atoms with E-state index in [-0.39, 0.29) is 17.2 Å². The van der Waals surface area contributed by atoms with Gasteiger partial charge in [0.2, 0.25) is 5.91 Å². The second kappa shape index (κ2) is 6.11. The molecule has 3 rings (SSSR count). The highest BCUT2D eigenvalue weighted by molar-refractivity contribution is 6.03. The maximum Gasteiger partial charge on any atom is 0.354 e. The molecule has 0 aromatic carbocycles. The summed E-state index contributed by atoms with van der Waals surface area (Å²) in [6.45, 7) is 0.492. The van der Waals surface area contributed by atoms with Gasteiger partial charge in [-0.1, -0.05) is 0 Å². The molecule has 0 radical (unpaired) electrons. The predicted molar refractivity (Wildman–Crippen MR) is 82.6 cm³/mol. The van der Waals surface area contributed by atoms with Crippen molar-refractivity contribution in [3.05, 3.63) is 42.0 Å². The van der Waals surface area contributed by atoms with Crippen LogP contribution in [0.15, 0.2) is 30.7 Å². The third-order valence-electron chi connectivity index (χ3n) is 3.76. The fraction of sp³-hybridized carbons (Fsp3) is 0.267. The lowest BCUT2D eigenvalue weighted by Gasteiger charge is -2.15. The first-order chi connectivity index (χ1) is 11.5. The Morgan fingerprint density at radius 2 is 2.12 bits per heavy atom. The van der Waals surface area contributed by atoms with Crippen LogP contribution in [0.5, 0.6) is 0 Å². The molecule has 2 aromatic heterocycles. The van der Waals surface area contributed by atoms with Crippen LogP contribution in [0.4, 0.5) is 5.69 Å². The molecule has 0 aliphatic carbocycles. The summed E-state index contributed by atoms with van der Waals surface area (Å²) in [7, 11) is 1.76. The molecule has 1 atom stereocenters. The standard InChI is InChI=1S/C15H15N5O4/c1-19-8-10(7-17-19)20-5-4-11(14(20)22)18-13(21)9-2-3-12(15(23)24)16-6-9/h2-3,6-8,11H,4-5H2,1H3,(H,18,21)(H,23,24). The number of pyridine rings is 1. The first-order valence-corrected chi connectivity index (χ1v) is 7.26. The molecule has 2 N–H and O–H groups in total. The zero-order valence-corrected chi connectivity index (χ0v) is 12.8. The molecule has 124 valence electrons. The molecule has 0 bridgehead atoms. The number of nitrogens with one attached hydrogen (secondary N) is 1. The zero-order chi connectivity index (χ0) is 17.3. The van der Waals surface area contributed by atoms with E-state index >= 15 is 0 Å². The van der Waals surface area contributed by atoms with E-state index < -0.39 is 17.9 Å². The number of carboxylic acid groups (broad SMARTS) is 1. The Morgan fingerprint density at radius 1 is 1.33 bits per heavy atom. The van der Waals surface area contributed by atoms with Gasteiger partial charge in [-0.3, -0.25) is 14.3 Å². The number of aryl methyl sites for hydroxylation is 1. The molecule has 0 saturated carbocycles. The van der Waals surface area contributed by atoms with Gasteiger partial charge in [-0.05, 0) is 18.6 Å². The summed E-state index contributed by atoms with van der Waals surface area (Å²) in [5.74, 6) is -1.84. The van der Waals surface area contributed by atoms with Crippen LogP contribution in [-0.4, -0.2) is 50.2 Å². The Bertz CT molecular complexity index is 798. The molecule has 1 saturated heterocycles. The Labute approximate surface area is 136 Å². The first-order valence-electron chi connectivity index (χ1n) is 7.26. The summed E-state index contributed by atoms with van der Waals surface area (Å²) in [5.41, 5.74) is 0.741. The van der Waals surface area contributed by atoms with Crippen LogP contribution in [0.25, 0.3) is 0 Å². The number of hydrogen-bond donors (Lipinski definition) is 2. The minimum atomic E-state index is -1.17. The maximum atomic E-state index is 12.4. The molecule has 1 fully saturated rings. The molecule has 1 aliphatic heterocycles. The Morgan fingerprint density at radius 3 is 2.71 bits per heavy atom. The molecular weight excluding hydrogens is 314 g/mol. The number of aromatic nitrogens is 3. The topological polar surface area (TPSA) is 117 Å². The third kappa shape index (κ3) is 2.96. The number of nitrogens with zero attached hydrogens (tertiary/aromatic N) is 4. The van der Waals surface area contributed by atoms with Crippen LogP contribution in [0, 0.1) is 0 Å². The fourth-order valence-electron chi connectivity index (χ4n) is 2.51. The minimum absolute atomic E-state index is 0.147. The van der Waals surface area contributed by atoms with Crippen LogP contribution in [0.2, 0.25) is 0 Å². The Balaban J connectivity index is 1.66. The highest BCUT2D eigenvalue weighted by Crippen LogP contribution is 2.20. The van der Waals surface area contributed by atoms with Crippen molar-refractivity contribution in [1.82, 2.24) is 20.1 Å². The summed E-state index contributed by atoms with van der Waals surface area (Å²) in [6, 6.07) is 1.98. The van der Waals surface area contributed by atoms with Gasteiger partial charge in [0.1, 0.15) is 11.7 Å². The van der Waals surface area contributed by atoms with Gasteiger partial charge in [0.15, 0.2) is 0 Å². The lowest BCUT2D eigenvalue weighted by Crippen LogP contribution is -2.41. The van der Waals surface area contributed by atoms with Crippen LogP contribution in [-0.2, 0) is 11.8 Å². The van der Waals surface area contributed by atoms with Crippen molar-refractivity contribution in [2.45, 2.75) is 12.5 Å². The number of rotatable bonds is 4. The molecule has 3 heterocycles. The van der Waals surface area contributed by atoms with Crippen molar-refractivity contribution >= 4 is 23.5 Å². The molecule has 1 unspecified atom stereocenters. The quantitative estimate of drug-likeness (QED) is 0.818. The average molecular weight is 329 g/mol. The molecular formula is C15H15N5O4. The monoisotopic (exact) mass is 329 g/mol. The van der Waals surface area contributed by atoms with Crippen LogP contribution in [0.3, 0.4) is 0 Å². The van der Waals surface area contributed by atoms with Crippen molar-refractivity contribution in [1.29, 1.82) is 0 Å². The normalized spacial score (nSPS) is 17.1. The van der Waals surface area contributed by atoms with E-state index in [0.29, 0.717) is 18.7 Å². The third-order valence-corrected chi connectivity index (χ3v) is 3.76. The van der Waals surface area contributed by atoms with E-state index in [4.69, 9.17) is 5.11 Å². The number of carbonyl (C=O) groups is 3. The maximum absolute atomic E-state index is 12.4. The summed E-state index contributed by atoms with van der Waals surface area (Å²) >= 11 is 0. The average Bonchev–Trinajstić information content (AvgIpc) is 3.14. The number of carboxylic acids is 1. The van der Waals surface area contributed by atoms with Gasteiger partial charge in [0.25, 0.3) is 5.91 Å². The van der Waals surface area contributed by atoms with Gasteiger partial charge >= 0.3 is 5.97 Å². The number of carbonyl (C=O) groups excluding carboxylic acids is 2. The van der Waals surface area contributed by atoms with Gasteiger partial charge in [-0.2, -0.15) is 5.10 Å². The van der Waals surface area contributed by atoms with Crippen molar-refractivity contribution in [3.63, 3.8) is 0 Å². The van der Waals surface area contributed by atoms with Gasteiger partial charge < -0.3 is 15.3 Å². The van der Waals surface area contributed by atoms with Crippen molar-refractivity contribution in [2.24, 2.45) is 7.05 Å². The molecule has 2 aromatic rings. The zero-order valence-electron chi connectivity index (χ0n) is 12.8. The number of aromatic carboxylic acids is 1. The Kier molecular flexibility index (Phi) is 3.98. The second-order valence-electron chi connectivity index (χ2n) is 5.41. The lowest BCUT2D eigenvalue weighted by atomic mass is 10.2. The van der Waals surface area contributed by atoms with Crippen molar-refractivity contribution in [2.75, 3.05) is 11.4 Å². The largest absolute Gasteiger partial charge is 0.477 e. The van der Waals surface area contributed by atoms with E-state index in [0.717, 1.165) is 0 Å². The molecule has 24 heavy (non-hydrogen) atoms. The van der Waals surface area contributed by atoms with E-state index in [1.165, 1.54) is 18.3 Å². The molecule has 9 nitrogen and oxygen atoms in total. The molecule has 1 aliphatic rings. The van der Waals surface area contributed by atoms with E-state index in [2.05, 4.69) is 15.4 Å². The molecule has 0 spiro atoms. The van der Waals surface area contributed by atoms with Crippen molar-refractivity contribution < 1.29 is 19.5 Å². The Hall–Kier alpha value is -3.23. The van der Waals surface area contributed by atoms with E-state index in [1.807, 2.05) is 0 Å². The van der Waals surface area contributed by atoms with Crippen molar-refractivity contribution in [3.8, 4) is 0 Å². The predicted octanol–water partition coefficient (Wildman–Crippen LogP) is 0.0486. The highest BCUT2D eigenvalue weighted by atomic mass is 16.4. The summed E-state index contributed by atoms with van der Waals surface area (Å²) in [5, 5.41) is 15.5. The highest BCUT2D eigenvalue weighted by Gasteiger charge is 2.34. The van der Waals surface area contributed by atoms with Crippen LogP contribution < -0.4 is 10.2 Å². The first kappa shape index (κ1) is 15.7. The summed E-state index contributed by atoms with van der Waals surface area (Å²) in [6.07, 6.45) is 4.99. The number of hydrogen-bond acceptors (Lipinski definition) is 5. The summed E-state index contributed by atoms with van der Waals surface area (Å²) in [4.78, 5) is 40.6. The van der Waals surface area contributed by atoms with Gasteiger partial charge in [-0.15, -0.1) is 0 Å². The summed E-state index contributed by atoms with van der Waals surface area (Å²) < 4.78 is 1.60. The second-order valence-corrected chi connectivity index (χ2v) is 5.41. The van der Waals surface area contributed by atoms with Gasteiger partial charge in [0.05, 0.1) is 17.4 Å². The van der Waals surface area contributed by atoms with Crippen LogP contribution in [0.1, 0.15) is 27.3 Å². The fourth-order valence-corrected chi connectivity index (χ4v) is 2.51. The molecule has 2 amide bonds. The van der Waals surface area contributed by atoms with Gasteiger partial charge in [0, 0.05) is 26.0 Å². The van der Waals surface area contributed by atoms with Gasteiger partial charge in [-0.25, -0.2) is 9.78 Å². The minimum Gasteiger partial charge on any atom is -0.477 e. The SMILES string of the molecule is Cn1cc(N2CCC(NC(=O)c3ccc(C(=O)O)nc3)C2=O)cn1. The molecule has 9 heteroatoms. The van der Waals surface area contributed by atoms with E-state index in [1.54, 1.807) is 29.0 Å². The van der Waals surface area contributed by atoms with E-state index in [9.17, 15) is 14.4 Å².